The largest absolute Gasteiger partial charge is 0.490 e. The molecule has 0 aliphatic carbocycles. The van der Waals surface area contributed by atoms with Gasteiger partial charge in [0.05, 0.1) is 5.57 Å². The Kier molecular flexibility index (Phi) is 6.62. The topological polar surface area (TPSA) is 87.3 Å². The van der Waals surface area contributed by atoms with E-state index in [1.54, 1.807) is 12.1 Å². The van der Waals surface area contributed by atoms with Gasteiger partial charge in [-0.1, -0.05) is 30.7 Å². The molecular formula is C23H21ClN4O3S. The molecule has 0 radical (unpaired) electrons. The Morgan fingerprint density at radius 2 is 1.81 bits per heavy atom. The summed E-state index contributed by atoms with van der Waals surface area (Å²) in [6.07, 6.45) is 2.37. The number of hydrazone groups is 1. The van der Waals surface area contributed by atoms with Crippen LogP contribution >= 0.6 is 23.4 Å². The van der Waals surface area contributed by atoms with Crippen molar-refractivity contribution in [3.8, 4) is 11.5 Å². The first-order chi connectivity index (χ1) is 15.4. The fourth-order valence-corrected chi connectivity index (χ4v) is 3.97. The number of carbonyl (C=O) groups is 1. The maximum atomic E-state index is 12.4. The van der Waals surface area contributed by atoms with Crippen LogP contribution in [-0.2, 0) is 4.79 Å². The third-order valence-electron chi connectivity index (χ3n) is 4.74. The molecule has 0 fully saturated rings. The van der Waals surface area contributed by atoms with E-state index in [4.69, 9.17) is 26.5 Å². The van der Waals surface area contributed by atoms with Crippen LogP contribution in [0.2, 0.25) is 5.02 Å². The Balaban J connectivity index is 1.35. The molecule has 2 aromatic rings. The number of halogens is 1. The van der Waals surface area contributed by atoms with Crippen molar-refractivity contribution >= 4 is 51.4 Å². The van der Waals surface area contributed by atoms with E-state index >= 15 is 0 Å². The van der Waals surface area contributed by atoms with Gasteiger partial charge in [0.25, 0.3) is 5.91 Å². The van der Waals surface area contributed by atoms with E-state index < -0.39 is 5.91 Å². The quantitative estimate of drug-likeness (QED) is 0.449. The lowest BCUT2D eigenvalue weighted by Gasteiger charge is -2.20. The molecule has 0 saturated heterocycles. The summed E-state index contributed by atoms with van der Waals surface area (Å²) < 4.78 is 11.4. The summed E-state index contributed by atoms with van der Waals surface area (Å²) in [5.74, 6) is 1.03. The monoisotopic (exact) mass is 468 g/mol. The molecule has 0 bridgehead atoms. The highest BCUT2D eigenvalue weighted by molar-refractivity contribution is 8.26. The molecule has 164 valence electrons. The number of hydrogen-bond donors (Lipinski definition) is 1. The van der Waals surface area contributed by atoms with Gasteiger partial charge < -0.3 is 9.47 Å². The highest BCUT2D eigenvalue weighted by atomic mass is 35.5. The smallest absolute Gasteiger partial charge is 0.283 e. The van der Waals surface area contributed by atoms with Crippen LogP contribution in [0.1, 0.15) is 24.5 Å². The lowest BCUT2D eigenvalue weighted by molar-refractivity contribution is -0.114. The normalized spacial score (nSPS) is 16.7. The number of ether oxygens (including phenoxy) is 2. The number of aryl methyl sites for hydroxylation is 1. The molecule has 0 spiro atoms. The number of nitrogens with zero attached hydrogens (tertiary/aromatic N) is 3. The van der Waals surface area contributed by atoms with Crippen LogP contribution in [-0.4, -0.2) is 40.2 Å². The van der Waals surface area contributed by atoms with Crippen molar-refractivity contribution in [1.29, 1.82) is 5.41 Å². The van der Waals surface area contributed by atoms with Crippen LogP contribution in [0.4, 0.5) is 0 Å². The van der Waals surface area contributed by atoms with Gasteiger partial charge in [0.15, 0.2) is 5.84 Å². The lowest BCUT2D eigenvalue weighted by Crippen LogP contribution is -2.35. The second kappa shape index (κ2) is 9.58. The number of benzene rings is 2. The van der Waals surface area contributed by atoms with Gasteiger partial charge in [0.2, 0.25) is 5.17 Å². The van der Waals surface area contributed by atoms with Gasteiger partial charge in [-0.15, -0.1) is 0 Å². The fraction of sp³-hybridized carbons (Fsp3) is 0.217. The molecule has 2 heterocycles. The third kappa shape index (κ3) is 4.87. The molecule has 2 aromatic carbocycles. The summed E-state index contributed by atoms with van der Waals surface area (Å²) in [4.78, 5) is 16.5. The highest BCUT2D eigenvalue weighted by Gasteiger charge is 2.34. The van der Waals surface area contributed by atoms with Crippen LogP contribution in [0.5, 0.6) is 11.5 Å². The molecule has 2 aliphatic heterocycles. The Bertz CT molecular complexity index is 1160. The Hall–Kier alpha value is -3.10. The molecular weight excluding hydrogens is 448 g/mol. The number of amides is 1. The average molecular weight is 469 g/mol. The van der Waals surface area contributed by atoms with Gasteiger partial charge in [0.1, 0.15) is 29.8 Å². The van der Waals surface area contributed by atoms with E-state index in [0.717, 1.165) is 28.3 Å². The summed E-state index contributed by atoms with van der Waals surface area (Å²) in [6.45, 7) is 4.68. The molecule has 0 saturated carbocycles. The molecule has 0 atom stereocenters. The molecule has 2 aliphatic rings. The average Bonchev–Trinajstić information content (AvgIpc) is 3.21. The number of carbonyl (C=O) groups excluding carboxylic acids is 1. The van der Waals surface area contributed by atoms with Crippen molar-refractivity contribution in [3.63, 3.8) is 0 Å². The molecule has 4 rings (SSSR count). The first-order valence-electron chi connectivity index (χ1n) is 10.1. The SMILES string of the molecule is CCC1=NN2C(=N)/C(=C\c3ccc(OCCOc4ccc(Cl)c(C)c4)cc3)C(=O)N=C2S1. The molecule has 7 nitrogen and oxygen atoms in total. The number of thioether (sulfide) groups is 1. The number of amidine groups is 2. The van der Waals surface area contributed by atoms with E-state index in [1.807, 2.05) is 50.2 Å². The van der Waals surface area contributed by atoms with Crippen LogP contribution in [0, 0.1) is 12.3 Å². The van der Waals surface area contributed by atoms with Crippen LogP contribution in [0.15, 0.2) is 58.1 Å². The number of hydrogen-bond acceptors (Lipinski definition) is 6. The van der Waals surface area contributed by atoms with Crippen molar-refractivity contribution in [2.75, 3.05) is 13.2 Å². The summed E-state index contributed by atoms with van der Waals surface area (Å²) in [6, 6.07) is 12.8. The molecule has 0 unspecified atom stereocenters. The van der Waals surface area contributed by atoms with E-state index in [1.165, 1.54) is 16.8 Å². The van der Waals surface area contributed by atoms with Crippen LogP contribution in [0.25, 0.3) is 6.08 Å². The van der Waals surface area contributed by atoms with Gasteiger partial charge >= 0.3 is 0 Å². The van der Waals surface area contributed by atoms with Crippen molar-refractivity contribution in [3.05, 3.63) is 64.2 Å². The molecule has 9 heteroatoms. The van der Waals surface area contributed by atoms with E-state index in [-0.39, 0.29) is 11.4 Å². The van der Waals surface area contributed by atoms with Crippen molar-refractivity contribution in [1.82, 2.24) is 5.01 Å². The zero-order valence-electron chi connectivity index (χ0n) is 17.6. The first-order valence-corrected chi connectivity index (χ1v) is 11.2. The van der Waals surface area contributed by atoms with E-state index in [2.05, 4.69) is 10.1 Å². The summed E-state index contributed by atoms with van der Waals surface area (Å²) >= 11 is 7.34. The highest BCUT2D eigenvalue weighted by Crippen LogP contribution is 2.29. The Labute approximate surface area is 195 Å². The second-order valence-corrected chi connectivity index (χ2v) is 8.49. The van der Waals surface area contributed by atoms with E-state index in [0.29, 0.717) is 29.2 Å². The van der Waals surface area contributed by atoms with Gasteiger partial charge in [-0.05, 0) is 72.6 Å². The summed E-state index contributed by atoms with van der Waals surface area (Å²) in [5.41, 5.74) is 1.93. The predicted octanol–water partition coefficient (Wildman–Crippen LogP) is 5.14. The Morgan fingerprint density at radius 1 is 1.12 bits per heavy atom. The van der Waals surface area contributed by atoms with Crippen LogP contribution in [0.3, 0.4) is 0 Å². The molecule has 0 aromatic heterocycles. The molecule has 1 amide bonds. The molecule has 32 heavy (non-hydrogen) atoms. The first kappa shape index (κ1) is 22.1. The fourth-order valence-electron chi connectivity index (χ4n) is 3.03. The summed E-state index contributed by atoms with van der Waals surface area (Å²) in [5, 5.41) is 16.1. The number of rotatable bonds is 7. The van der Waals surface area contributed by atoms with Gasteiger partial charge in [-0.3, -0.25) is 10.2 Å². The minimum Gasteiger partial charge on any atom is -0.490 e. The van der Waals surface area contributed by atoms with Crippen molar-refractivity contribution < 1.29 is 14.3 Å². The molecule has 1 N–H and O–H groups in total. The minimum atomic E-state index is -0.434. The van der Waals surface area contributed by atoms with Gasteiger partial charge in [0, 0.05) is 5.02 Å². The summed E-state index contributed by atoms with van der Waals surface area (Å²) in [7, 11) is 0. The number of nitrogens with one attached hydrogen (secondary N) is 1. The third-order valence-corrected chi connectivity index (χ3v) is 6.22. The predicted molar refractivity (Wildman–Crippen MR) is 129 cm³/mol. The standard InChI is InChI=1S/C23H21ClN4O3S/c1-3-20-27-28-21(25)18(22(29)26-23(28)32-20)13-15-4-6-16(7-5-15)30-10-11-31-17-8-9-19(24)14(2)12-17/h4-9,12-13,25H,3,10-11H2,1-2H3/b18-13+,25-21?. The van der Waals surface area contributed by atoms with E-state index in [9.17, 15) is 4.79 Å². The lowest BCUT2D eigenvalue weighted by atomic mass is 10.1. The van der Waals surface area contributed by atoms with Gasteiger partial charge in [-0.25, -0.2) is 0 Å². The van der Waals surface area contributed by atoms with Crippen molar-refractivity contribution in [2.45, 2.75) is 20.3 Å². The number of fused-ring (bicyclic) bond motifs is 1. The Morgan fingerprint density at radius 3 is 2.50 bits per heavy atom. The van der Waals surface area contributed by atoms with Gasteiger partial charge in [-0.2, -0.15) is 15.1 Å². The number of aliphatic imine (C=N–C) groups is 1. The minimum absolute atomic E-state index is 0.0332. The zero-order valence-corrected chi connectivity index (χ0v) is 19.2. The second-order valence-electron chi connectivity index (χ2n) is 7.04. The van der Waals surface area contributed by atoms with Crippen LogP contribution < -0.4 is 9.47 Å². The van der Waals surface area contributed by atoms with Crippen molar-refractivity contribution in [2.24, 2.45) is 10.1 Å². The zero-order chi connectivity index (χ0) is 22.7. The maximum Gasteiger partial charge on any atom is 0.283 e. The maximum absolute atomic E-state index is 12.4.